The Kier molecular flexibility index (Phi) is 5.08. The molecule has 136 valence electrons. The summed E-state index contributed by atoms with van der Waals surface area (Å²) in [5, 5.41) is 10.1. The van der Waals surface area contributed by atoms with E-state index in [-0.39, 0.29) is 23.9 Å². The van der Waals surface area contributed by atoms with Crippen molar-refractivity contribution >= 4 is 17.2 Å². The lowest BCUT2D eigenvalue weighted by Crippen LogP contribution is -2.32. The third-order valence-corrected chi connectivity index (χ3v) is 3.84. The molecule has 0 aliphatic carbocycles. The van der Waals surface area contributed by atoms with Gasteiger partial charge in [0.25, 0.3) is 5.56 Å². The average molecular weight is 355 g/mol. The van der Waals surface area contributed by atoms with Crippen LogP contribution in [0.5, 0.6) is 0 Å². The molecule has 0 saturated carbocycles. The first-order valence-corrected chi connectivity index (χ1v) is 8.32. The molecule has 0 aliphatic heterocycles. The number of fused-ring (bicyclic) bond motifs is 1. The molecule has 3 heterocycles. The Bertz CT molecular complexity index is 976. The predicted octanol–water partition coefficient (Wildman–Crippen LogP) is 0.767. The smallest absolute Gasteiger partial charge is 0.291 e. The molecule has 1 amide bonds. The minimum absolute atomic E-state index is 0.0871. The molecule has 0 bridgehead atoms. The summed E-state index contributed by atoms with van der Waals surface area (Å²) < 4.78 is 3.00. The van der Waals surface area contributed by atoms with Gasteiger partial charge in [-0.05, 0) is 24.7 Å². The highest BCUT2D eigenvalue weighted by Crippen LogP contribution is 2.15. The van der Waals surface area contributed by atoms with Gasteiger partial charge in [-0.2, -0.15) is 5.10 Å². The van der Waals surface area contributed by atoms with Crippen molar-refractivity contribution < 1.29 is 4.79 Å². The SMILES string of the molecule is CNCc1cc2c(=O)n(CC(=O)Nc3ccncn3)nc(C(C)C)n2c1. The van der Waals surface area contributed by atoms with Gasteiger partial charge in [-0.3, -0.25) is 14.0 Å². The Morgan fingerprint density at radius 3 is 2.81 bits per heavy atom. The van der Waals surface area contributed by atoms with Crippen LogP contribution in [0.3, 0.4) is 0 Å². The lowest BCUT2D eigenvalue weighted by atomic mass is 10.2. The highest BCUT2D eigenvalue weighted by atomic mass is 16.2. The van der Waals surface area contributed by atoms with Crippen molar-refractivity contribution in [3.63, 3.8) is 0 Å². The Hall–Kier alpha value is -3.07. The molecule has 0 radical (unpaired) electrons. The molecule has 9 heteroatoms. The van der Waals surface area contributed by atoms with Gasteiger partial charge < -0.3 is 10.6 Å². The zero-order chi connectivity index (χ0) is 18.7. The van der Waals surface area contributed by atoms with Gasteiger partial charge in [-0.1, -0.05) is 13.8 Å². The number of carbonyl (C=O) groups is 1. The molecule has 0 saturated heterocycles. The van der Waals surface area contributed by atoms with Gasteiger partial charge in [-0.15, -0.1) is 0 Å². The van der Waals surface area contributed by atoms with Gasteiger partial charge >= 0.3 is 0 Å². The fourth-order valence-electron chi connectivity index (χ4n) is 2.71. The van der Waals surface area contributed by atoms with Crippen molar-refractivity contribution in [3.05, 3.63) is 52.6 Å². The third-order valence-electron chi connectivity index (χ3n) is 3.84. The zero-order valence-electron chi connectivity index (χ0n) is 14.9. The van der Waals surface area contributed by atoms with Gasteiger partial charge in [0.05, 0.1) is 0 Å². The second-order valence-corrected chi connectivity index (χ2v) is 6.25. The maximum Gasteiger partial charge on any atom is 0.291 e. The average Bonchev–Trinajstić information content (AvgIpc) is 3.02. The standard InChI is InChI=1S/C17H21N7O2/c1-11(2)16-22-24(9-15(25)21-14-4-5-19-10-20-14)17(26)13-6-12(7-18-3)8-23(13)16/h4-6,8,10-11,18H,7,9H2,1-3H3,(H,19,20,21,25). The molecule has 0 spiro atoms. The first-order chi connectivity index (χ1) is 12.5. The number of nitrogens with zero attached hydrogens (tertiary/aromatic N) is 5. The van der Waals surface area contributed by atoms with E-state index >= 15 is 0 Å². The van der Waals surface area contributed by atoms with E-state index in [0.717, 1.165) is 11.4 Å². The van der Waals surface area contributed by atoms with Crippen LogP contribution in [0.2, 0.25) is 0 Å². The van der Waals surface area contributed by atoms with Crippen molar-refractivity contribution in [3.8, 4) is 0 Å². The highest BCUT2D eigenvalue weighted by Gasteiger charge is 2.16. The topological polar surface area (TPSA) is 106 Å². The van der Waals surface area contributed by atoms with Crippen molar-refractivity contribution in [1.29, 1.82) is 0 Å². The third kappa shape index (κ3) is 3.62. The maximum atomic E-state index is 12.8. The number of hydrogen-bond acceptors (Lipinski definition) is 6. The lowest BCUT2D eigenvalue weighted by Gasteiger charge is -2.12. The van der Waals surface area contributed by atoms with E-state index in [1.807, 2.05) is 33.2 Å². The Labute approximate surface area is 150 Å². The molecule has 3 rings (SSSR count). The summed E-state index contributed by atoms with van der Waals surface area (Å²) in [7, 11) is 1.85. The number of carbonyl (C=O) groups excluding carboxylic acids is 1. The first kappa shape index (κ1) is 17.7. The lowest BCUT2D eigenvalue weighted by molar-refractivity contribution is -0.117. The number of aromatic nitrogens is 5. The van der Waals surface area contributed by atoms with Gasteiger partial charge in [0, 0.05) is 24.9 Å². The molecule has 0 unspecified atom stereocenters. The molecule has 0 aliphatic rings. The Morgan fingerprint density at radius 1 is 1.35 bits per heavy atom. The number of anilines is 1. The molecule has 0 aromatic carbocycles. The van der Waals surface area contributed by atoms with Crippen LogP contribution in [-0.4, -0.2) is 37.1 Å². The van der Waals surface area contributed by atoms with Crippen LogP contribution >= 0.6 is 0 Å². The first-order valence-electron chi connectivity index (χ1n) is 8.32. The molecular formula is C17H21N7O2. The molecule has 3 aromatic heterocycles. The monoisotopic (exact) mass is 355 g/mol. The molecule has 9 nitrogen and oxygen atoms in total. The van der Waals surface area contributed by atoms with Crippen LogP contribution in [0.1, 0.15) is 31.2 Å². The molecule has 0 atom stereocenters. The minimum Gasteiger partial charge on any atom is -0.316 e. The Morgan fingerprint density at radius 2 is 2.15 bits per heavy atom. The summed E-state index contributed by atoms with van der Waals surface area (Å²) in [5.41, 5.74) is 1.18. The van der Waals surface area contributed by atoms with Crippen molar-refractivity contribution in [2.45, 2.75) is 32.9 Å². The van der Waals surface area contributed by atoms with Gasteiger partial charge in [0.15, 0.2) is 0 Å². The van der Waals surface area contributed by atoms with Crippen LogP contribution in [0.4, 0.5) is 5.82 Å². The van der Waals surface area contributed by atoms with Crippen LogP contribution in [0.25, 0.3) is 5.52 Å². The second-order valence-electron chi connectivity index (χ2n) is 6.25. The quantitative estimate of drug-likeness (QED) is 0.676. The van der Waals surface area contributed by atoms with Crippen LogP contribution in [0.15, 0.2) is 35.6 Å². The van der Waals surface area contributed by atoms with E-state index in [2.05, 4.69) is 25.7 Å². The molecular weight excluding hydrogens is 334 g/mol. The number of nitrogens with one attached hydrogen (secondary N) is 2. The zero-order valence-corrected chi connectivity index (χ0v) is 14.9. The van der Waals surface area contributed by atoms with Crippen molar-refractivity contribution in [2.24, 2.45) is 0 Å². The number of rotatable bonds is 6. The highest BCUT2D eigenvalue weighted by molar-refractivity contribution is 5.89. The van der Waals surface area contributed by atoms with E-state index in [1.165, 1.54) is 17.2 Å². The summed E-state index contributed by atoms with van der Waals surface area (Å²) >= 11 is 0. The van der Waals surface area contributed by atoms with E-state index in [4.69, 9.17) is 0 Å². The van der Waals surface area contributed by atoms with Crippen molar-refractivity contribution in [2.75, 3.05) is 12.4 Å². The summed E-state index contributed by atoms with van der Waals surface area (Å²) in [6, 6.07) is 3.40. The fourth-order valence-corrected chi connectivity index (χ4v) is 2.71. The molecule has 2 N–H and O–H groups in total. The van der Waals surface area contributed by atoms with Gasteiger partial charge in [-0.25, -0.2) is 14.6 Å². The van der Waals surface area contributed by atoms with Gasteiger partial charge in [0.1, 0.15) is 30.0 Å². The van der Waals surface area contributed by atoms with E-state index in [9.17, 15) is 9.59 Å². The summed E-state index contributed by atoms with van der Waals surface area (Å²) in [4.78, 5) is 32.8. The molecule has 3 aromatic rings. The van der Waals surface area contributed by atoms with Gasteiger partial charge in [0.2, 0.25) is 5.91 Å². The fraction of sp³-hybridized carbons (Fsp3) is 0.353. The molecule has 26 heavy (non-hydrogen) atoms. The number of hydrogen-bond donors (Lipinski definition) is 2. The summed E-state index contributed by atoms with van der Waals surface area (Å²) in [6.45, 7) is 4.45. The molecule has 0 fully saturated rings. The largest absolute Gasteiger partial charge is 0.316 e. The summed E-state index contributed by atoms with van der Waals surface area (Å²) in [6.07, 6.45) is 4.77. The number of amides is 1. The van der Waals surface area contributed by atoms with Crippen LogP contribution < -0.4 is 16.2 Å². The second kappa shape index (κ2) is 7.44. The Balaban J connectivity index is 1.96. The normalized spacial score (nSPS) is 11.2. The predicted molar refractivity (Wildman–Crippen MR) is 97.0 cm³/mol. The van der Waals surface area contributed by atoms with E-state index in [1.54, 1.807) is 10.5 Å². The van der Waals surface area contributed by atoms with Crippen LogP contribution in [0, 0.1) is 0 Å². The maximum absolute atomic E-state index is 12.8. The van der Waals surface area contributed by atoms with E-state index in [0.29, 0.717) is 17.9 Å². The van der Waals surface area contributed by atoms with Crippen LogP contribution in [-0.2, 0) is 17.9 Å². The van der Waals surface area contributed by atoms with E-state index < -0.39 is 0 Å². The van der Waals surface area contributed by atoms with Crippen molar-refractivity contribution in [1.82, 2.24) is 29.5 Å². The summed E-state index contributed by atoms with van der Waals surface area (Å²) in [5.74, 6) is 0.808. The minimum atomic E-state index is -0.376.